The summed E-state index contributed by atoms with van der Waals surface area (Å²) in [6.07, 6.45) is -0.689. The highest BCUT2D eigenvalue weighted by atomic mass is 32.2. The number of hydrogen-bond donors (Lipinski definition) is 1. The number of benzene rings is 2. The van der Waals surface area contributed by atoms with Crippen LogP contribution >= 0.6 is 11.8 Å². The molecule has 0 bridgehead atoms. The van der Waals surface area contributed by atoms with Gasteiger partial charge in [-0.25, -0.2) is 0 Å². The van der Waals surface area contributed by atoms with Crippen LogP contribution in [0.1, 0.15) is 18.1 Å². The summed E-state index contributed by atoms with van der Waals surface area (Å²) in [5.41, 5.74) is 2.17. The number of carbonyl (C=O) groups is 2. The van der Waals surface area contributed by atoms with E-state index in [2.05, 4.69) is 5.32 Å². The van der Waals surface area contributed by atoms with Gasteiger partial charge in [0.2, 0.25) is 5.91 Å². The van der Waals surface area contributed by atoms with E-state index in [-0.39, 0.29) is 11.8 Å². The highest BCUT2D eigenvalue weighted by Crippen LogP contribution is 2.24. The first-order valence-electron chi connectivity index (χ1n) is 8.90. The van der Waals surface area contributed by atoms with Crippen molar-refractivity contribution in [3.05, 3.63) is 59.7 Å². The van der Waals surface area contributed by atoms with Crippen molar-refractivity contribution in [2.45, 2.75) is 26.0 Å². The molecule has 0 spiro atoms. The summed E-state index contributed by atoms with van der Waals surface area (Å²) in [5.74, 6) is 1.15. The fourth-order valence-electron chi connectivity index (χ4n) is 2.91. The van der Waals surface area contributed by atoms with Crippen LogP contribution in [0.5, 0.6) is 5.75 Å². The lowest BCUT2D eigenvalue weighted by molar-refractivity contribution is -0.141. The van der Waals surface area contributed by atoms with Gasteiger partial charge in [-0.05, 0) is 55.8 Å². The first-order valence-corrected chi connectivity index (χ1v) is 10.1. The molecule has 28 heavy (non-hydrogen) atoms. The fraction of sp³-hybridized carbons (Fsp3) is 0.286. The molecule has 3 rings (SSSR count). The molecule has 144 valence electrons. The Morgan fingerprint density at radius 3 is 2.71 bits per heavy atom. The van der Waals surface area contributed by atoms with Crippen molar-refractivity contribution in [3.8, 4) is 11.8 Å². The number of nitrogens with zero attached hydrogens (tertiary/aromatic N) is 2. The van der Waals surface area contributed by atoms with Crippen LogP contribution in [0.2, 0.25) is 0 Å². The molecule has 0 aromatic heterocycles. The van der Waals surface area contributed by atoms with Crippen molar-refractivity contribution in [1.29, 1.82) is 5.26 Å². The van der Waals surface area contributed by atoms with E-state index in [0.29, 0.717) is 28.6 Å². The number of aryl methyl sites for hydroxylation is 1. The summed E-state index contributed by atoms with van der Waals surface area (Å²) in [6, 6.07) is 15.6. The van der Waals surface area contributed by atoms with Gasteiger partial charge in [-0.2, -0.15) is 5.26 Å². The number of rotatable bonds is 5. The molecule has 2 atom stereocenters. The molecule has 2 aromatic rings. The molecule has 2 unspecified atom stereocenters. The summed E-state index contributed by atoms with van der Waals surface area (Å²) < 4.78 is 5.78. The van der Waals surface area contributed by atoms with Crippen molar-refractivity contribution in [1.82, 2.24) is 4.90 Å². The van der Waals surface area contributed by atoms with E-state index < -0.39 is 12.1 Å². The van der Waals surface area contributed by atoms with Crippen molar-refractivity contribution in [2.75, 3.05) is 16.9 Å². The molecular weight excluding hydrogens is 374 g/mol. The van der Waals surface area contributed by atoms with Crippen LogP contribution in [0.4, 0.5) is 5.69 Å². The van der Waals surface area contributed by atoms with Gasteiger partial charge in [0, 0.05) is 11.4 Å². The topological polar surface area (TPSA) is 82.4 Å². The molecule has 1 aliphatic heterocycles. The molecular formula is C21H21N3O3S. The molecule has 2 amide bonds. The van der Waals surface area contributed by atoms with Gasteiger partial charge in [0.05, 0.1) is 17.5 Å². The Hall–Kier alpha value is -2.98. The number of carbonyl (C=O) groups excluding carboxylic acids is 2. The molecule has 6 nitrogen and oxygen atoms in total. The van der Waals surface area contributed by atoms with E-state index >= 15 is 0 Å². The van der Waals surface area contributed by atoms with Gasteiger partial charge in [-0.15, -0.1) is 11.8 Å². The third-order valence-corrected chi connectivity index (χ3v) is 5.41. The minimum Gasteiger partial charge on any atom is -0.481 e. The highest BCUT2D eigenvalue weighted by Gasteiger charge is 2.37. The van der Waals surface area contributed by atoms with Gasteiger partial charge in [-0.3, -0.25) is 9.59 Å². The fourth-order valence-corrected chi connectivity index (χ4v) is 4.07. The van der Waals surface area contributed by atoms with Crippen LogP contribution in [-0.4, -0.2) is 40.5 Å². The minimum atomic E-state index is -0.689. The zero-order valence-corrected chi connectivity index (χ0v) is 16.5. The van der Waals surface area contributed by atoms with Gasteiger partial charge in [-0.1, -0.05) is 12.1 Å². The second kappa shape index (κ2) is 8.81. The van der Waals surface area contributed by atoms with E-state index in [0.717, 1.165) is 5.56 Å². The van der Waals surface area contributed by atoms with Crippen molar-refractivity contribution >= 4 is 29.3 Å². The third-order valence-electron chi connectivity index (χ3n) is 4.40. The SMILES string of the molecule is Cc1cccc(OC(C)C(=O)N2CSCC2C(=O)Nc2ccc(C#N)cc2)c1. The average molecular weight is 395 g/mol. The maximum Gasteiger partial charge on any atom is 0.264 e. The summed E-state index contributed by atoms with van der Waals surface area (Å²) >= 11 is 1.54. The summed E-state index contributed by atoms with van der Waals surface area (Å²) in [5, 5.41) is 11.7. The number of hydrogen-bond acceptors (Lipinski definition) is 5. The molecule has 1 saturated heterocycles. The van der Waals surface area contributed by atoms with E-state index in [4.69, 9.17) is 10.00 Å². The lowest BCUT2D eigenvalue weighted by Crippen LogP contribution is -2.48. The second-order valence-corrected chi connectivity index (χ2v) is 7.58. The molecule has 1 N–H and O–H groups in total. The Morgan fingerprint density at radius 1 is 1.29 bits per heavy atom. The first kappa shape index (κ1) is 19.8. The molecule has 1 aliphatic rings. The molecule has 0 saturated carbocycles. The summed E-state index contributed by atoms with van der Waals surface area (Å²) in [7, 11) is 0. The summed E-state index contributed by atoms with van der Waals surface area (Å²) in [4.78, 5) is 27.1. The van der Waals surface area contributed by atoms with Crippen LogP contribution in [-0.2, 0) is 9.59 Å². The van der Waals surface area contributed by atoms with E-state index in [1.807, 2.05) is 37.3 Å². The first-order chi connectivity index (χ1) is 13.5. The monoisotopic (exact) mass is 395 g/mol. The Bertz CT molecular complexity index is 908. The maximum atomic E-state index is 12.9. The van der Waals surface area contributed by atoms with Crippen LogP contribution in [0.25, 0.3) is 0 Å². The second-order valence-electron chi connectivity index (χ2n) is 6.58. The molecule has 7 heteroatoms. The normalized spacial score (nSPS) is 16.9. The van der Waals surface area contributed by atoms with E-state index in [1.165, 1.54) is 11.8 Å². The molecule has 1 heterocycles. The van der Waals surface area contributed by atoms with Gasteiger partial charge < -0.3 is 15.0 Å². The number of nitrogens with one attached hydrogen (secondary N) is 1. The van der Waals surface area contributed by atoms with Gasteiger partial charge in [0.15, 0.2) is 6.10 Å². The Kier molecular flexibility index (Phi) is 6.22. The van der Waals surface area contributed by atoms with Crippen LogP contribution in [0.15, 0.2) is 48.5 Å². The van der Waals surface area contributed by atoms with Crippen LogP contribution < -0.4 is 10.1 Å². The molecule has 2 aromatic carbocycles. The smallest absolute Gasteiger partial charge is 0.264 e. The molecule has 1 fully saturated rings. The predicted molar refractivity (Wildman–Crippen MR) is 109 cm³/mol. The number of nitriles is 1. The standard InChI is InChI=1S/C21H21N3O3S/c1-14-4-3-5-18(10-14)27-15(2)21(26)24-13-28-12-19(24)20(25)23-17-8-6-16(11-22)7-9-17/h3-10,15,19H,12-13H2,1-2H3,(H,23,25). The number of anilines is 1. The minimum absolute atomic E-state index is 0.216. The number of ether oxygens (including phenoxy) is 1. The lowest BCUT2D eigenvalue weighted by Gasteiger charge is -2.26. The Morgan fingerprint density at radius 2 is 2.04 bits per heavy atom. The Balaban J connectivity index is 1.64. The predicted octanol–water partition coefficient (Wildman–Crippen LogP) is 3.17. The highest BCUT2D eigenvalue weighted by molar-refractivity contribution is 7.99. The van der Waals surface area contributed by atoms with Gasteiger partial charge >= 0.3 is 0 Å². The quantitative estimate of drug-likeness (QED) is 0.841. The zero-order valence-electron chi connectivity index (χ0n) is 15.7. The maximum absolute atomic E-state index is 12.9. The largest absolute Gasteiger partial charge is 0.481 e. The van der Waals surface area contributed by atoms with E-state index in [1.54, 1.807) is 36.1 Å². The van der Waals surface area contributed by atoms with Crippen LogP contribution in [0, 0.1) is 18.3 Å². The van der Waals surface area contributed by atoms with Crippen molar-refractivity contribution < 1.29 is 14.3 Å². The number of thioether (sulfide) groups is 1. The summed E-state index contributed by atoms with van der Waals surface area (Å²) in [6.45, 7) is 3.66. The van der Waals surface area contributed by atoms with Gasteiger partial charge in [0.25, 0.3) is 5.91 Å². The van der Waals surface area contributed by atoms with Crippen LogP contribution in [0.3, 0.4) is 0 Å². The molecule has 0 radical (unpaired) electrons. The average Bonchev–Trinajstić information content (AvgIpc) is 3.18. The van der Waals surface area contributed by atoms with Crippen molar-refractivity contribution in [3.63, 3.8) is 0 Å². The Labute approximate surface area is 168 Å². The zero-order chi connectivity index (χ0) is 20.1. The van der Waals surface area contributed by atoms with Crippen molar-refractivity contribution in [2.24, 2.45) is 0 Å². The third kappa shape index (κ3) is 4.65. The van der Waals surface area contributed by atoms with E-state index in [9.17, 15) is 9.59 Å². The molecule has 0 aliphatic carbocycles. The van der Waals surface area contributed by atoms with Gasteiger partial charge in [0.1, 0.15) is 11.8 Å². The number of amides is 2. The lowest BCUT2D eigenvalue weighted by atomic mass is 10.2.